The molecule has 26 heavy (non-hydrogen) atoms. The van der Waals surface area contributed by atoms with E-state index in [9.17, 15) is 9.59 Å². The maximum atomic E-state index is 13.2. The van der Waals surface area contributed by atoms with Crippen LogP contribution in [-0.2, 0) is 9.53 Å². The molecule has 1 aliphatic rings. The van der Waals surface area contributed by atoms with Gasteiger partial charge in [-0.2, -0.15) is 0 Å². The van der Waals surface area contributed by atoms with Gasteiger partial charge < -0.3 is 23.9 Å². The van der Waals surface area contributed by atoms with Crippen LogP contribution < -0.4 is 4.74 Å². The molecule has 0 spiro atoms. The summed E-state index contributed by atoms with van der Waals surface area (Å²) in [6, 6.07) is 5.30. The molecule has 1 N–H and O–H groups in total. The lowest BCUT2D eigenvalue weighted by Crippen LogP contribution is -2.39. The monoisotopic (exact) mass is 361 g/mol. The number of amides is 1. The minimum Gasteiger partial charge on any atom is -0.497 e. The third kappa shape index (κ3) is 3.83. The summed E-state index contributed by atoms with van der Waals surface area (Å²) in [7, 11) is 1.56. The Kier molecular flexibility index (Phi) is 5.46. The maximum Gasteiger partial charge on any atom is 0.305 e. The Bertz CT molecular complexity index is 806. The molecule has 1 aromatic carbocycles. The number of carbonyl (C=O) groups excluding carboxylic acids is 1. The highest BCUT2D eigenvalue weighted by atomic mass is 16.5. The van der Waals surface area contributed by atoms with Crippen molar-refractivity contribution in [3.8, 4) is 5.75 Å². The van der Waals surface area contributed by atoms with Gasteiger partial charge in [-0.3, -0.25) is 9.59 Å². The quantitative estimate of drug-likeness (QED) is 0.816. The number of hydrogen-bond donors (Lipinski definition) is 1. The zero-order chi connectivity index (χ0) is 18.7. The average molecular weight is 361 g/mol. The topological polar surface area (TPSA) is 89.2 Å². The summed E-state index contributed by atoms with van der Waals surface area (Å²) in [5.74, 6) is -0.0497. The highest BCUT2D eigenvalue weighted by molar-refractivity contribution is 6.07. The molecule has 0 unspecified atom stereocenters. The molecule has 1 amide bonds. The highest BCUT2D eigenvalue weighted by Gasteiger charge is 2.27. The largest absolute Gasteiger partial charge is 0.497 e. The van der Waals surface area contributed by atoms with E-state index in [2.05, 4.69) is 0 Å². The zero-order valence-electron chi connectivity index (χ0n) is 15.0. The van der Waals surface area contributed by atoms with Crippen LogP contribution in [0.15, 0.2) is 22.6 Å². The summed E-state index contributed by atoms with van der Waals surface area (Å²) < 4.78 is 16.6. The van der Waals surface area contributed by atoms with E-state index in [1.807, 2.05) is 0 Å². The van der Waals surface area contributed by atoms with Crippen LogP contribution in [-0.4, -0.2) is 54.8 Å². The van der Waals surface area contributed by atoms with Crippen molar-refractivity contribution in [2.75, 3.05) is 26.8 Å². The van der Waals surface area contributed by atoms with Crippen molar-refractivity contribution in [2.45, 2.75) is 32.3 Å². The van der Waals surface area contributed by atoms with E-state index in [0.29, 0.717) is 41.2 Å². The summed E-state index contributed by atoms with van der Waals surface area (Å²) >= 11 is 0. The van der Waals surface area contributed by atoms with Crippen LogP contribution >= 0.6 is 0 Å². The molecule has 1 aromatic heterocycles. The van der Waals surface area contributed by atoms with E-state index < -0.39 is 5.97 Å². The van der Waals surface area contributed by atoms with Gasteiger partial charge in [-0.05, 0) is 38.0 Å². The fourth-order valence-electron chi connectivity index (χ4n) is 3.29. The van der Waals surface area contributed by atoms with Gasteiger partial charge in [-0.1, -0.05) is 0 Å². The van der Waals surface area contributed by atoms with Crippen LogP contribution in [0.4, 0.5) is 0 Å². The second-order valence-electron chi connectivity index (χ2n) is 6.43. The molecule has 0 radical (unpaired) electrons. The third-order valence-corrected chi connectivity index (χ3v) is 4.62. The molecular formula is C19H23NO6. The van der Waals surface area contributed by atoms with Crippen LogP contribution in [0.1, 0.15) is 35.4 Å². The first-order chi connectivity index (χ1) is 12.5. The smallest absolute Gasteiger partial charge is 0.305 e. The van der Waals surface area contributed by atoms with Crippen molar-refractivity contribution in [3.05, 3.63) is 29.5 Å². The Morgan fingerprint density at radius 3 is 2.85 bits per heavy atom. The van der Waals surface area contributed by atoms with Gasteiger partial charge in [0, 0.05) is 25.1 Å². The third-order valence-electron chi connectivity index (χ3n) is 4.62. The fourth-order valence-corrected chi connectivity index (χ4v) is 3.29. The van der Waals surface area contributed by atoms with Gasteiger partial charge in [0.1, 0.15) is 17.1 Å². The summed E-state index contributed by atoms with van der Waals surface area (Å²) in [5.41, 5.74) is 1.05. The highest BCUT2D eigenvalue weighted by Crippen LogP contribution is 2.30. The number of carbonyl (C=O) groups is 2. The maximum absolute atomic E-state index is 13.2. The summed E-state index contributed by atoms with van der Waals surface area (Å²) in [5, 5.41) is 9.69. The Balaban J connectivity index is 1.92. The minimum atomic E-state index is -0.939. The number of aliphatic carboxylic acids is 1. The normalized spacial score (nSPS) is 16.8. The number of ether oxygens (including phenoxy) is 2. The molecule has 140 valence electrons. The zero-order valence-corrected chi connectivity index (χ0v) is 15.0. The Morgan fingerprint density at radius 1 is 1.38 bits per heavy atom. The minimum absolute atomic E-state index is 0.0549. The van der Waals surface area contributed by atoms with Crippen LogP contribution in [0, 0.1) is 6.92 Å². The molecule has 1 fully saturated rings. The number of methoxy groups -OCH3 is 1. The second-order valence-corrected chi connectivity index (χ2v) is 6.43. The molecule has 3 rings (SSSR count). The molecule has 0 aliphatic carbocycles. The number of furan rings is 1. The summed E-state index contributed by atoms with van der Waals surface area (Å²) in [6.07, 6.45) is 1.66. The molecule has 2 aromatic rings. The first-order valence-corrected chi connectivity index (χ1v) is 8.69. The SMILES string of the molecule is COc1ccc2oc(C)c(C(=O)N(CCC(=O)O)C[C@@H]3CCCO3)c2c1. The Hall–Kier alpha value is -2.54. The molecule has 2 heterocycles. The van der Waals surface area contributed by atoms with Gasteiger partial charge in [0.15, 0.2) is 0 Å². The van der Waals surface area contributed by atoms with Crippen molar-refractivity contribution < 1.29 is 28.6 Å². The molecular weight excluding hydrogens is 338 g/mol. The van der Waals surface area contributed by atoms with E-state index in [4.69, 9.17) is 19.0 Å². The average Bonchev–Trinajstić information content (AvgIpc) is 3.23. The van der Waals surface area contributed by atoms with Gasteiger partial charge in [-0.25, -0.2) is 0 Å². The van der Waals surface area contributed by atoms with Crippen LogP contribution in [0.5, 0.6) is 5.75 Å². The predicted molar refractivity (Wildman–Crippen MR) is 94.6 cm³/mol. The van der Waals surface area contributed by atoms with Crippen molar-refractivity contribution >= 4 is 22.8 Å². The first-order valence-electron chi connectivity index (χ1n) is 8.69. The van der Waals surface area contributed by atoms with E-state index in [1.165, 1.54) is 0 Å². The standard InChI is InChI=1S/C19H23NO6/c1-12-18(15-10-13(24-2)5-6-16(15)26-12)19(23)20(8-7-17(21)22)11-14-4-3-9-25-14/h5-6,10,14H,3-4,7-9,11H2,1-2H3,(H,21,22)/t14-/m0/s1. The van der Waals surface area contributed by atoms with E-state index in [-0.39, 0.29) is 25.0 Å². The second kappa shape index (κ2) is 7.78. The molecule has 0 saturated carbocycles. The molecule has 1 atom stereocenters. The number of aryl methyl sites for hydroxylation is 1. The van der Waals surface area contributed by atoms with Crippen LogP contribution in [0.3, 0.4) is 0 Å². The molecule has 7 nitrogen and oxygen atoms in total. The van der Waals surface area contributed by atoms with E-state index in [1.54, 1.807) is 37.1 Å². The molecule has 7 heteroatoms. The van der Waals surface area contributed by atoms with Crippen molar-refractivity contribution in [2.24, 2.45) is 0 Å². The number of nitrogens with zero attached hydrogens (tertiary/aromatic N) is 1. The van der Waals surface area contributed by atoms with E-state index in [0.717, 1.165) is 12.8 Å². The molecule has 0 bridgehead atoms. The number of benzene rings is 1. The van der Waals surface area contributed by atoms with Crippen molar-refractivity contribution in [3.63, 3.8) is 0 Å². The Morgan fingerprint density at radius 2 is 2.19 bits per heavy atom. The van der Waals surface area contributed by atoms with Gasteiger partial charge in [0.25, 0.3) is 5.91 Å². The van der Waals surface area contributed by atoms with Gasteiger partial charge >= 0.3 is 5.97 Å². The Labute approximate surface area is 151 Å². The number of fused-ring (bicyclic) bond motifs is 1. The molecule has 1 aliphatic heterocycles. The molecule has 1 saturated heterocycles. The number of carboxylic acid groups (broad SMARTS) is 1. The lowest BCUT2D eigenvalue weighted by atomic mass is 10.1. The van der Waals surface area contributed by atoms with E-state index >= 15 is 0 Å². The lowest BCUT2D eigenvalue weighted by molar-refractivity contribution is -0.137. The first kappa shape index (κ1) is 18.3. The van der Waals surface area contributed by atoms with Crippen LogP contribution in [0.2, 0.25) is 0 Å². The fraction of sp³-hybridized carbons (Fsp3) is 0.474. The summed E-state index contributed by atoms with van der Waals surface area (Å²) in [4.78, 5) is 25.8. The van der Waals surface area contributed by atoms with Crippen molar-refractivity contribution in [1.29, 1.82) is 0 Å². The van der Waals surface area contributed by atoms with Gasteiger partial charge in [0.2, 0.25) is 0 Å². The number of rotatable bonds is 7. The lowest BCUT2D eigenvalue weighted by Gasteiger charge is -2.25. The summed E-state index contributed by atoms with van der Waals surface area (Å²) in [6.45, 7) is 2.92. The van der Waals surface area contributed by atoms with Gasteiger partial charge in [0.05, 0.1) is 25.2 Å². The van der Waals surface area contributed by atoms with Crippen molar-refractivity contribution in [1.82, 2.24) is 4.90 Å². The predicted octanol–water partition coefficient (Wildman–Crippen LogP) is 2.85. The number of hydrogen-bond acceptors (Lipinski definition) is 5. The number of carboxylic acids is 1. The van der Waals surface area contributed by atoms with Crippen LogP contribution in [0.25, 0.3) is 11.0 Å². The van der Waals surface area contributed by atoms with Gasteiger partial charge in [-0.15, -0.1) is 0 Å².